The van der Waals surface area contributed by atoms with Crippen LogP contribution in [0.15, 0.2) is 24.3 Å². The van der Waals surface area contributed by atoms with Gasteiger partial charge in [-0.05, 0) is 37.1 Å². The fourth-order valence-electron chi connectivity index (χ4n) is 3.80. The zero-order valence-corrected chi connectivity index (χ0v) is 12.8. The topological polar surface area (TPSA) is 75.6 Å². The van der Waals surface area contributed by atoms with Gasteiger partial charge in [0.15, 0.2) is 0 Å². The van der Waals surface area contributed by atoms with Gasteiger partial charge in [0, 0.05) is 29.5 Å². The first-order valence-corrected chi connectivity index (χ1v) is 7.67. The van der Waals surface area contributed by atoms with E-state index in [4.69, 9.17) is 9.84 Å². The van der Waals surface area contributed by atoms with Crippen molar-refractivity contribution in [3.05, 3.63) is 35.4 Å². The van der Waals surface area contributed by atoms with E-state index in [-0.39, 0.29) is 29.0 Å². The molecule has 1 aliphatic carbocycles. The molecule has 5 heteroatoms. The van der Waals surface area contributed by atoms with Gasteiger partial charge in [-0.15, -0.1) is 0 Å². The molecule has 1 aromatic carbocycles. The number of amides is 1. The van der Waals surface area contributed by atoms with E-state index in [0.717, 1.165) is 19.4 Å². The van der Waals surface area contributed by atoms with Crippen LogP contribution in [-0.2, 0) is 4.74 Å². The summed E-state index contributed by atoms with van der Waals surface area (Å²) in [6.45, 7) is 5.05. The van der Waals surface area contributed by atoms with Crippen molar-refractivity contribution in [2.24, 2.45) is 11.3 Å². The van der Waals surface area contributed by atoms with Gasteiger partial charge in [0.25, 0.3) is 5.91 Å². The molecule has 1 amide bonds. The molecule has 3 unspecified atom stereocenters. The van der Waals surface area contributed by atoms with Crippen molar-refractivity contribution in [1.29, 1.82) is 0 Å². The van der Waals surface area contributed by atoms with Crippen LogP contribution in [0.4, 0.5) is 0 Å². The molecule has 2 N–H and O–H groups in total. The summed E-state index contributed by atoms with van der Waals surface area (Å²) in [7, 11) is 0. The van der Waals surface area contributed by atoms with Crippen molar-refractivity contribution >= 4 is 11.9 Å². The third-order valence-corrected chi connectivity index (χ3v) is 5.01. The van der Waals surface area contributed by atoms with Crippen molar-refractivity contribution in [2.75, 3.05) is 6.61 Å². The predicted molar refractivity (Wildman–Crippen MR) is 80.9 cm³/mol. The van der Waals surface area contributed by atoms with Crippen molar-refractivity contribution in [3.8, 4) is 0 Å². The van der Waals surface area contributed by atoms with E-state index in [0.29, 0.717) is 11.5 Å². The van der Waals surface area contributed by atoms with Gasteiger partial charge >= 0.3 is 5.97 Å². The Hall–Kier alpha value is -1.88. The summed E-state index contributed by atoms with van der Waals surface area (Å²) >= 11 is 0. The summed E-state index contributed by atoms with van der Waals surface area (Å²) in [5.74, 6) is -0.765. The number of carboxylic acids is 1. The summed E-state index contributed by atoms with van der Waals surface area (Å²) in [5.41, 5.74) is 0.601. The van der Waals surface area contributed by atoms with Crippen molar-refractivity contribution in [3.63, 3.8) is 0 Å². The highest BCUT2D eigenvalue weighted by atomic mass is 16.5. The van der Waals surface area contributed by atoms with Crippen molar-refractivity contribution in [2.45, 2.75) is 38.8 Å². The fourth-order valence-corrected chi connectivity index (χ4v) is 3.80. The minimum absolute atomic E-state index is 0.0677. The number of carbonyl (C=O) groups is 2. The lowest BCUT2D eigenvalue weighted by atomic mass is 9.55. The maximum absolute atomic E-state index is 12.4. The minimum atomic E-state index is -0.991. The summed E-state index contributed by atoms with van der Waals surface area (Å²) in [4.78, 5) is 23.2. The number of aromatic carboxylic acids is 1. The average molecular weight is 303 g/mol. The van der Waals surface area contributed by atoms with Gasteiger partial charge in [-0.1, -0.05) is 13.8 Å². The number of fused-ring (bicyclic) bond motifs is 1. The molecule has 118 valence electrons. The van der Waals surface area contributed by atoms with Gasteiger partial charge in [0.05, 0.1) is 11.7 Å². The molecule has 2 aliphatic rings. The zero-order valence-electron chi connectivity index (χ0n) is 12.8. The van der Waals surface area contributed by atoms with Crippen LogP contribution >= 0.6 is 0 Å². The lowest BCUT2D eigenvalue weighted by Gasteiger charge is -2.59. The van der Waals surface area contributed by atoms with Crippen LogP contribution in [0.3, 0.4) is 0 Å². The number of rotatable bonds is 3. The zero-order chi connectivity index (χ0) is 15.9. The number of benzene rings is 1. The van der Waals surface area contributed by atoms with Gasteiger partial charge in [-0.2, -0.15) is 0 Å². The number of carboxylic acid groups (broad SMARTS) is 1. The molecule has 0 bridgehead atoms. The monoisotopic (exact) mass is 303 g/mol. The van der Waals surface area contributed by atoms with Crippen LogP contribution in [0.2, 0.25) is 0 Å². The third kappa shape index (κ3) is 2.39. The predicted octanol–water partition coefficient (Wildman–Crippen LogP) is 2.32. The molecule has 3 rings (SSSR count). The summed E-state index contributed by atoms with van der Waals surface area (Å²) in [6.07, 6.45) is 2.34. The number of nitrogens with one attached hydrogen (secondary N) is 1. The van der Waals surface area contributed by atoms with E-state index in [1.807, 2.05) is 0 Å². The Balaban J connectivity index is 1.70. The van der Waals surface area contributed by atoms with Crippen molar-refractivity contribution in [1.82, 2.24) is 5.32 Å². The molecule has 2 fully saturated rings. The van der Waals surface area contributed by atoms with Crippen LogP contribution in [0.1, 0.15) is 47.4 Å². The van der Waals surface area contributed by atoms with Gasteiger partial charge in [0.2, 0.25) is 0 Å². The molecule has 1 aromatic rings. The summed E-state index contributed by atoms with van der Waals surface area (Å²) < 4.78 is 5.84. The lowest BCUT2D eigenvalue weighted by Crippen LogP contribution is -2.70. The Kier molecular flexibility index (Phi) is 3.68. The molecular formula is C17H21NO4. The smallest absolute Gasteiger partial charge is 0.335 e. The maximum atomic E-state index is 12.4. The largest absolute Gasteiger partial charge is 0.478 e. The SMILES string of the molecule is CC1(C)C(NC(=O)c2ccc(C(=O)O)cc2)C2CCCOC21. The van der Waals surface area contributed by atoms with Crippen LogP contribution in [-0.4, -0.2) is 35.7 Å². The normalized spacial score (nSPS) is 29.1. The molecule has 0 spiro atoms. The first-order chi connectivity index (χ1) is 10.4. The Bertz CT molecular complexity index is 593. The van der Waals surface area contributed by atoms with Crippen molar-refractivity contribution < 1.29 is 19.4 Å². The summed E-state index contributed by atoms with van der Waals surface area (Å²) in [6, 6.07) is 6.12. The van der Waals surface area contributed by atoms with Gasteiger partial charge < -0.3 is 15.2 Å². The van der Waals surface area contributed by atoms with Gasteiger partial charge in [-0.25, -0.2) is 4.79 Å². The molecule has 0 aromatic heterocycles. The average Bonchev–Trinajstić information content (AvgIpc) is 2.52. The standard InChI is InChI=1S/C17H21NO4/c1-17(2)13(12-4-3-9-22-14(12)17)18-15(19)10-5-7-11(8-6-10)16(20)21/h5-8,12-14H,3-4,9H2,1-2H3,(H,18,19)(H,20,21). The van der Waals surface area contributed by atoms with Gasteiger partial charge in [0.1, 0.15) is 0 Å². The number of carbonyl (C=O) groups excluding carboxylic acids is 1. The second kappa shape index (κ2) is 5.39. The molecule has 1 saturated heterocycles. The van der Waals surface area contributed by atoms with Crippen LogP contribution in [0, 0.1) is 11.3 Å². The molecule has 22 heavy (non-hydrogen) atoms. The van der Waals surface area contributed by atoms with Gasteiger partial charge in [-0.3, -0.25) is 4.79 Å². The quantitative estimate of drug-likeness (QED) is 0.898. The molecule has 1 heterocycles. The minimum Gasteiger partial charge on any atom is -0.478 e. The molecule has 5 nitrogen and oxygen atoms in total. The van der Waals surface area contributed by atoms with E-state index in [9.17, 15) is 9.59 Å². The summed E-state index contributed by atoms with van der Waals surface area (Å²) in [5, 5.41) is 12.0. The van der Waals surface area contributed by atoms with Crippen LogP contribution in [0.5, 0.6) is 0 Å². The Labute approximate surface area is 129 Å². The van der Waals surface area contributed by atoms with E-state index in [1.165, 1.54) is 12.1 Å². The number of hydrogen-bond acceptors (Lipinski definition) is 3. The Morgan fingerprint density at radius 1 is 1.23 bits per heavy atom. The maximum Gasteiger partial charge on any atom is 0.335 e. The Morgan fingerprint density at radius 3 is 2.50 bits per heavy atom. The Morgan fingerprint density at radius 2 is 1.86 bits per heavy atom. The highest BCUT2D eigenvalue weighted by Gasteiger charge is 2.58. The molecule has 3 atom stereocenters. The highest BCUT2D eigenvalue weighted by Crippen LogP contribution is 2.51. The highest BCUT2D eigenvalue weighted by molar-refractivity contribution is 5.96. The van der Waals surface area contributed by atoms with E-state index in [1.54, 1.807) is 12.1 Å². The first kappa shape index (κ1) is 15.0. The van der Waals surface area contributed by atoms with E-state index < -0.39 is 5.97 Å². The lowest BCUT2D eigenvalue weighted by molar-refractivity contribution is -0.189. The molecule has 1 saturated carbocycles. The fraction of sp³-hybridized carbons (Fsp3) is 0.529. The van der Waals surface area contributed by atoms with Crippen LogP contribution < -0.4 is 5.32 Å². The van der Waals surface area contributed by atoms with E-state index in [2.05, 4.69) is 19.2 Å². The second-order valence-corrected chi connectivity index (χ2v) is 6.75. The second-order valence-electron chi connectivity index (χ2n) is 6.75. The third-order valence-electron chi connectivity index (χ3n) is 5.01. The van der Waals surface area contributed by atoms with Crippen LogP contribution in [0.25, 0.3) is 0 Å². The first-order valence-electron chi connectivity index (χ1n) is 7.67. The molecule has 1 aliphatic heterocycles. The molecular weight excluding hydrogens is 282 g/mol. The van der Waals surface area contributed by atoms with E-state index >= 15 is 0 Å². The number of hydrogen-bond donors (Lipinski definition) is 2. The molecule has 0 radical (unpaired) electrons. The number of ether oxygens (including phenoxy) is 1.